The first kappa shape index (κ1) is 28.1. The zero-order valence-electron chi connectivity index (χ0n) is 28.7. The van der Waals surface area contributed by atoms with Crippen LogP contribution in [0.5, 0.6) is 0 Å². The second-order valence-electron chi connectivity index (χ2n) is 16.9. The second-order valence-corrected chi connectivity index (χ2v) is 16.9. The molecule has 0 N–H and O–H groups in total. The predicted octanol–water partition coefficient (Wildman–Crippen LogP) is 12.9. The van der Waals surface area contributed by atoms with E-state index in [-0.39, 0.29) is 10.8 Å². The number of hydrogen-bond acceptors (Lipinski definition) is 1. The zero-order valence-corrected chi connectivity index (χ0v) is 28.7. The van der Waals surface area contributed by atoms with Crippen molar-refractivity contribution >= 4 is 27.8 Å². The quantitative estimate of drug-likeness (QED) is 0.185. The van der Waals surface area contributed by atoms with Gasteiger partial charge in [0.15, 0.2) is 0 Å². The zero-order chi connectivity index (χ0) is 32.6. The van der Waals surface area contributed by atoms with Crippen molar-refractivity contribution in [1.82, 2.24) is 0 Å². The standard InChI is InChI=1S/C49H43N/c1-2-10-34-28-37(16-15-33(34)9-1)50(38-17-19-45-42(29-38)40-11-3-5-13-44(40)48(45)21-7-8-22-48)39-18-20-47-43(30-39)41-12-4-6-14-46(41)49(47)35-24-31-23-32(26-35)27-36(49)25-31/h1-6,9-20,28-32,35-36H,7-8,21-27H2. The first-order valence-electron chi connectivity index (χ1n) is 19.5. The van der Waals surface area contributed by atoms with Crippen molar-refractivity contribution in [2.24, 2.45) is 23.7 Å². The number of hydrogen-bond donors (Lipinski definition) is 0. The number of nitrogens with zero attached hydrogens (tertiary/aromatic N) is 1. The topological polar surface area (TPSA) is 3.24 Å². The molecule has 7 aliphatic carbocycles. The van der Waals surface area contributed by atoms with E-state index in [0.717, 1.165) is 23.7 Å². The second kappa shape index (κ2) is 10.0. The molecule has 0 radical (unpaired) electrons. The Kier molecular flexibility index (Phi) is 5.62. The van der Waals surface area contributed by atoms with Gasteiger partial charge in [-0.05, 0) is 160 Å². The summed E-state index contributed by atoms with van der Waals surface area (Å²) < 4.78 is 0. The average molecular weight is 646 g/mol. The molecule has 0 amide bonds. The van der Waals surface area contributed by atoms with Crippen LogP contribution in [0.3, 0.4) is 0 Å². The monoisotopic (exact) mass is 645 g/mol. The van der Waals surface area contributed by atoms with Gasteiger partial charge in [-0.3, -0.25) is 0 Å². The summed E-state index contributed by atoms with van der Waals surface area (Å²) in [6.07, 6.45) is 12.3. The summed E-state index contributed by atoms with van der Waals surface area (Å²) in [5.41, 5.74) is 16.3. The predicted molar refractivity (Wildman–Crippen MR) is 207 cm³/mol. The third kappa shape index (κ3) is 3.54. The molecule has 6 aromatic rings. The van der Waals surface area contributed by atoms with Crippen molar-refractivity contribution in [3.8, 4) is 22.3 Å². The van der Waals surface area contributed by atoms with E-state index in [1.165, 1.54) is 108 Å². The van der Waals surface area contributed by atoms with Crippen molar-refractivity contribution < 1.29 is 0 Å². The lowest BCUT2D eigenvalue weighted by molar-refractivity contribution is -0.0399. The molecule has 0 unspecified atom stereocenters. The van der Waals surface area contributed by atoms with Crippen LogP contribution in [-0.4, -0.2) is 0 Å². The Labute approximate surface area is 296 Å². The van der Waals surface area contributed by atoms with E-state index in [1.807, 2.05) is 0 Å². The van der Waals surface area contributed by atoms with E-state index >= 15 is 0 Å². The number of anilines is 3. The van der Waals surface area contributed by atoms with Crippen LogP contribution in [0.25, 0.3) is 33.0 Å². The number of fused-ring (bicyclic) bond motifs is 9. The van der Waals surface area contributed by atoms with Gasteiger partial charge in [-0.25, -0.2) is 0 Å². The summed E-state index contributed by atoms with van der Waals surface area (Å²) in [5, 5.41) is 2.57. The van der Waals surface area contributed by atoms with Gasteiger partial charge in [0.2, 0.25) is 0 Å². The normalized spacial score (nSPS) is 27.1. The summed E-state index contributed by atoms with van der Waals surface area (Å²) in [7, 11) is 0. The van der Waals surface area contributed by atoms with Crippen LogP contribution in [0.4, 0.5) is 17.1 Å². The largest absolute Gasteiger partial charge is 0.310 e. The minimum absolute atomic E-state index is 0.183. The van der Waals surface area contributed by atoms with E-state index in [2.05, 4.69) is 132 Å². The van der Waals surface area contributed by atoms with Gasteiger partial charge in [-0.1, -0.05) is 104 Å². The molecule has 1 heteroatoms. The fourth-order valence-corrected chi connectivity index (χ4v) is 13.2. The summed E-state index contributed by atoms with van der Waals surface area (Å²) in [5.74, 6) is 3.47. The molecule has 4 bridgehead atoms. The highest BCUT2D eigenvalue weighted by Crippen LogP contribution is 2.69. The molecule has 1 nitrogen and oxygen atoms in total. The molecule has 5 saturated carbocycles. The molecule has 244 valence electrons. The molecule has 0 aliphatic heterocycles. The molecule has 0 saturated heterocycles. The molecule has 0 heterocycles. The smallest absolute Gasteiger partial charge is 0.0468 e. The van der Waals surface area contributed by atoms with Crippen LogP contribution < -0.4 is 4.90 Å². The van der Waals surface area contributed by atoms with Crippen molar-refractivity contribution in [3.63, 3.8) is 0 Å². The first-order valence-corrected chi connectivity index (χ1v) is 19.5. The van der Waals surface area contributed by atoms with Gasteiger partial charge >= 0.3 is 0 Å². The minimum atomic E-state index is 0.183. The maximum atomic E-state index is 2.58. The Morgan fingerprint density at radius 3 is 1.64 bits per heavy atom. The maximum absolute atomic E-state index is 2.58. The van der Waals surface area contributed by atoms with Crippen LogP contribution in [0, 0.1) is 23.7 Å². The van der Waals surface area contributed by atoms with E-state index < -0.39 is 0 Å². The maximum Gasteiger partial charge on any atom is 0.0468 e. The van der Waals surface area contributed by atoms with E-state index in [4.69, 9.17) is 0 Å². The highest BCUT2D eigenvalue weighted by molar-refractivity contribution is 5.93. The lowest BCUT2D eigenvalue weighted by atomic mass is 9.43. The lowest BCUT2D eigenvalue weighted by Crippen LogP contribution is -2.55. The molecule has 0 atom stereocenters. The van der Waals surface area contributed by atoms with E-state index in [9.17, 15) is 0 Å². The Bertz CT molecular complexity index is 2340. The van der Waals surface area contributed by atoms with Gasteiger partial charge in [-0.15, -0.1) is 0 Å². The Hall–Kier alpha value is -4.62. The van der Waals surface area contributed by atoms with Crippen LogP contribution in [0.2, 0.25) is 0 Å². The van der Waals surface area contributed by atoms with Crippen molar-refractivity contribution in [1.29, 1.82) is 0 Å². The molecule has 5 fully saturated rings. The summed E-state index contributed by atoms with van der Waals surface area (Å²) >= 11 is 0. The third-order valence-electron chi connectivity index (χ3n) is 14.8. The van der Waals surface area contributed by atoms with Crippen LogP contribution in [0.1, 0.15) is 80.0 Å². The van der Waals surface area contributed by atoms with Gasteiger partial charge in [0.05, 0.1) is 0 Å². The number of rotatable bonds is 3. The highest BCUT2D eigenvalue weighted by Gasteiger charge is 2.61. The van der Waals surface area contributed by atoms with Crippen LogP contribution >= 0.6 is 0 Å². The fraction of sp³-hybridized carbons (Fsp3) is 0.306. The lowest BCUT2D eigenvalue weighted by Gasteiger charge is -2.61. The van der Waals surface area contributed by atoms with Crippen molar-refractivity contribution in [2.45, 2.75) is 68.6 Å². The third-order valence-corrected chi connectivity index (χ3v) is 14.8. The van der Waals surface area contributed by atoms with Gasteiger partial charge < -0.3 is 4.90 Å². The van der Waals surface area contributed by atoms with Gasteiger partial charge in [0.25, 0.3) is 0 Å². The highest BCUT2D eigenvalue weighted by atomic mass is 15.1. The van der Waals surface area contributed by atoms with Gasteiger partial charge in [0, 0.05) is 27.9 Å². The Balaban J connectivity index is 1.07. The summed E-state index contributed by atoms with van der Waals surface area (Å²) in [6.45, 7) is 0. The number of benzene rings is 6. The Morgan fingerprint density at radius 2 is 0.920 bits per heavy atom. The average Bonchev–Trinajstić information content (AvgIpc) is 3.84. The molecule has 0 aromatic heterocycles. The van der Waals surface area contributed by atoms with Crippen LogP contribution in [0.15, 0.2) is 127 Å². The molecule has 6 aromatic carbocycles. The molecular formula is C49H43N. The molecule has 2 spiro atoms. The Morgan fingerprint density at radius 1 is 0.420 bits per heavy atom. The summed E-state index contributed by atoms with van der Waals surface area (Å²) in [6, 6.07) is 49.8. The van der Waals surface area contributed by atoms with Crippen LogP contribution in [-0.2, 0) is 10.8 Å². The molecule has 13 rings (SSSR count). The van der Waals surface area contributed by atoms with Crippen molar-refractivity contribution in [2.75, 3.05) is 4.90 Å². The molecule has 50 heavy (non-hydrogen) atoms. The SMILES string of the molecule is c1ccc2c(c1)-c1cc(N(c3ccc4c(c3)-c3ccccc3C43C4CC5CC(C4)CC3C5)c3ccc4ccccc4c3)ccc1C21CCCC1. The van der Waals surface area contributed by atoms with E-state index in [0.29, 0.717) is 0 Å². The fourth-order valence-electron chi connectivity index (χ4n) is 13.2. The van der Waals surface area contributed by atoms with E-state index in [1.54, 1.807) is 22.3 Å². The van der Waals surface area contributed by atoms with Gasteiger partial charge in [0.1, 0.15) is 0 Å². The molecule has 7 aliphatic rings. The minimum Gasteiger partial charge on any atom is -0.310 e. The van der Waals surface area contributed by atoms with Gasteiger partial charge in [-0.2, -0.15) is 0 Å². The summed E-state index contributed by atoms with van der Waals surface area (Å²) in [4.78, 5) is 2.56. The molecular weight excluding hydrogens is 603 g/mol. The first-order chi connectivity index (χ1) is 24.7. The van der Waals surface area contributed by atoms with Crippen molar-refractivity contribution in [3.05, 3.63) is 150 Å².